The maximum Gasteiger partial charge on any atom is 0.0662 e. The quantitative estimate of drug-likeness (QED) is 0.642. The standard InChI is InChI=1S/C22H27N3O/c1-19(18-26)14-24(15-20-8-3-2-4-9-20)16-21-10-5-6-11-22(21)17-25-13-7-12-23-25/h2-13,19,26H,14-18H2,1H3/t19-/m1/s1. The van der Waals surface area contributed by atoms with Gasteiger partial charge in [-0.3, -0.25) is 9.58 Å². The molecule has 0 bridgehead atoms. The molecule has 0 radical (unpaired) electrons. The molecule has 0 fully saturated rings. The molecule has 4 heteroatoms. The van der Waals surface area contributed by atoms with Crippen LogP contribution >= 0.6 is 0 Å². The van der Waals surface area contributed by atoms with Crippen molar-refractivity contribution in [3.63, 3.8) is 0 Å². The average molecular weight is 349 g/mol. The highest BCUT2D eigenvalue weighted by Crippen LogP contribution is 2.16. The lowest BCUT2D eigenvalue weighted by Crippen LogP contribution is -2.29. The minimum atomic E-state index is 0.209. The van der Waals surface area contributed by atoms with Crippen LogP contribution in [0.3, 0.4) is 0 Å². The van der Waals surface area contributed by atoms with Crippen LogP contribution in [0.2, 0.25) is 0 Å². The van der Waals surface area contributed by atoms with E-state index in [-0.39, 0.29) is 12.5 Å². The number of hydrogen-bond acceptors (Lipinski definition) is 3. The Morgan fingerprint density at radius 1 is 0.962 bits per heavy atom. The summed E-state index contributed by atoms with van der Waals surface area (Å²) in [5.74, 6) is 0.247. The molecule has 26 heavy (non-hydrogen) atoms. The Bertz CT molecular complexity index is 771. The summed E-state index contributed by atoms with van der Waals surface area (Å²) in [5, 5.41) is 13.8. The first kappa shape index (κ1) is 18.4. The van der Waals surface area contributed by atoms with Gasteiger partial charge in [0.15, 0.2) is 0 Å². The second kappa shape index (κ2) is 9.32. The van der Waals surface area contributed by atoms with Gasteiger partial charge in [0.1, 0.15) is 0 Å². The van der Waals surface area contributed by atoms with Gasteiger partial charge in [0, 0.05) is 38.6 Å². The van der Waals surface area contributed by atoms with Crippen molar-refractivity contribution in [3.8, 4) is 0 Å². The maximum absolute atomic E-state index is 9.50. The average Bonchev–Trinajstić information content (AvgIpc) is 3.17. The lowest BCUT2D eigenvalue weighted by atomic mass is 10.1. The number of rotatable bonds is 9. The van der Waals surface area contributed by atoms with E-state index in [0.717, 1.165) is 26.2 Å². The molecule has 1 heterocycles. The van der Waals surface area contributed by atoms with Crippen LogP contribution in [0.1, 0.15) is 23.6 Å². The van der Waals surface area contributed by atoms with Crippen molar-refractivity contribution in [3.05, 3.63) is 89.7 Å². The lowest BCUT2D eigenvalue weighted by molar-refractivity contribution is 0.163. The Morgan fingerprint density at radius 2 is 1.69 bits per heavy atom. The third-order valence-electron chi connectivity index (χ3n) is 4.53. The summed E-state index contributed by atoms with van der Waals surface area (Å²) in [7, 11) is 0. The zero-order valence-electron chi connectivity index (χ0n) is 15.3. The topological polar surface area (TPSA) is 41.3 Å². The number of aliphatic hydroxyl groups is 1. The number of aliphatic hydroxyl groups excluding tert-OH is 1. The Kier molecular flexibility index (Phi) is 6.58. The summed E-state index contributed by atoms with van der Waals surface area (Å²) in [5.41, 5.74) is 3.89. The van der Waals surface area contributed by atoms with Crippen molar-refractivity contribution >= 4 is 0 Å². The molecule has 1 atom stereocenters. The van der Waals surface area contributed by atoms with Crippen molar-refractivity contribution < 1.29 is 5.11 Å². The summed E-state index contributed by atoms with van der Waals surface area (Å²) < 4.78 is 1.96. The molecular weight excluding hydrogens is 322 g/mol. The smallest absolute Gasteiger partial charge is 0.0662 e. The highest BCUT2D eigenvalue weighted by molar-refractivity contribution is 5.27. The number of hydrogen-bond donors (Lipinski definition) is 1. The number of nitrogens with zero attached hydrogens (tertiary/aromatic N) is 3. The first-order valence-electron chi connectivity index (χ1n) is 9.16. The third kappa shape index (κ3) is 5.28. The van der Waals surface area contributed by atoms with Crippen LogP contribution in [-0.2, 0) is 19.6 Å². The van der Waals surface area contributed by atoms with Gasteiger partial charge in [-0.2, -0.15) is 5.10 Å². The number of benzene rings is 2. The van der Waals surface area contributed by atoms with Gasteiger partial charge in [0.25, 0.3) is 0 Å². The predicted molar refractivity (Wildman–Crippen MR) is 105 cm³/mol. The second-order valence-corrected chi connectivity index (χ2v) is 6.92. The molecule has 0 unspecified atom stereocenters. The Morgan fingerprint density at radius 3 is 2.38 bits per heavy atom. The normalized spacial score (nSPS) is 12.4. The summed E-state index contributed by atoms with van der Waals surface area (Å²) >= 11 is 0. The molecule has 0 saturated heterocycles. The van der Waals surface area contributed by atoms with Gasteiger partial charge in [0.05, 0.1) is 6.54 Å². The zero-order chi connectivity index (χ0) is 18.2. The van der Waals surface area contributed by atoms with Crippen molar-refractivity contribution in [2.24, 2.45) is 5.92 Å². The van der Waals surface area contributed by atoms with Crippen molar-refractivity contribution in [2.45, 2.75) is 26.6 Å². The van der Waals surface area contributed by atoms with E-state index < -0.39 is 0 Å². The molecule has 1 N–H and O–H groups in total. The van der Waals surface area contributed by atoms with Crippen LogP contribution in [0.4, 0.5) is 0 Å². The van der Waals surface area contributed by atoms with Crippen LogP contribution in [0.15, 0.2) is 73.1 Å². The summed E-state index contributed by atoms with van der Waals surface area (Å²) in [6, 6.07) is 21.0. The van der Waals surface area contributed by atoms with E-state index >= 15 is 0 Å². The predicted octanol–water partition coefficient (Wildman–Crippen LogP) is 3.56. The highest BCUT2D eigenvalue weighted by Gasteiger charge is 2.13. The molecule has 3 rings (SSSR count). The van der Waals surface area contributed by atoms with Gasteiger partial charge >= 0.3 is 0 Å². The van der Waals surface area contributed by atoms with E-state index in [2.05, 4.69) is 65.5 Å². The highest BCUT2D eigenvalue weighted by atomic mass is 16.3. The zero-order valence-corrected chi connectivity index (χ0v) is 15.3. The molecule has 136 valence electrons. The van der Waals surface area contributed by atoms with Crippen LogP contribution in [0.5, 0.6) is 0 Å². The van der Waals surface area contributed by atoms with Crippen LogP contribution in [0.25, 0.3) is 0 Å². The molecule has 0 saturated carbocycles. The van der Waals surface area contributed by atoms with Gasteiger partial charge in [-0.1, -0.05) is 61.5 Å². The molecule has 3 aromatic rings. The van der Waals surface area contributed by atoms with Crippen LogP contribution < -0.4 is 0 Å². The molecule has 0 amide bonds. The Hall–Kier alpha value is -2.43. The molecule has 2 aromatic carbocycles. The fraction of sp³-hybridized carbons (Fsp3) is 0.318. The molecule has 4 nitrogen and oxygen atoms in total. The van der Waals surface area contributed by atoms with E-state index in [0.29, 0.717) is 0 Å². The monoisotopic (exact) mass is 349 g/mol. The molecular formula is C22H27N3O. The van der Waals surface area contributed by atoms with Crippen LogP contribution in [-0.4, -0.2) is 32.9 Å². The molecule has 1 aromatic heterocycles. The van der Waals surface area contributed by atoms with Gasteiger partial charge in [-0.05, 0) is 28.7 Å². The van der Waals surface area contributed by atoms with E-state index in [1.54, 1.807) is 0 Å². The first-order valence-corrected chi connectivity index (χ1v) is 9.16. The minimum Gasteiger partial charge on any atom is -0.396 e. The Labute approximate surface area is 155 Å². The number of aromatic nitrogens is 2. The molecule has 0 aliphatic rings. The van der Waals surface area contributed by atoms with Crippen molar-refractivity contribution in [2.75, 3.05) is 13.2 Å². The van der Waals surface area contributed by atoms with E-state index in [1.165, 1.54) is 16.7 Å². The summed E-state index contributed by atoms with van der Waals surface area (Å²) in [4.78, 5) is 2.41. The maximum atomic E-state index is 9.50. The largest absolute Gasteiger partial charge is 0.396 e. The van der Waals surface area contributed by atoms with Gasteiger partial charge in [-0.15, -0.1) is 0 Å². The van der Waals surface area contributed by atoms with Gasteiger partial charge in [-0.25, -0.2) is 0 Å². The van der Waals surface area contributed by atoms with E-state index in [9.17, 15) is 5.11 Å². The first-order chi connectivity index (χ1) is 12.7. The van der Waals surface area contributed by atoms with Crippen molar-refractivity contribution in [1.82, 2.24) is 14.7 Å². The van der Waals surface area contributed by atoms with Gasteiger partial charge < -0.3 is 5.11 Å². The molecule has 0 spiro atoms. The van der Waals surface area contributed by atoms with Crippen molar-refractivity contribution in [1.29, 1.82) is 0 Å². The summed E-state index contributed by atoms with van der Waals surface area (Å²) in [6.45, 7) is 5.67. The molecule has 0 aliphatic heterocycles. The SMILES string of the molecule is C[C@@H](CO)CN(Cc1ccccc1)Cc1ccccc1Cn1cccn1. The fourth-order valence-corrected chi connectivity index (χ4v) is 3.20. The van der Waals surface area contributed by atoms with E-state index in [4.69, 9.17) is 0 Å². The third-order valence-corrected chi connectivity index (χ3v) is 4.53. The van der Waals surface area contributed by atoms with Gasteiger partial charge in [0.2, 0.25) is 0 Å². The summed E-state index contributed by atoms with van der Waals surface area (Å²) in [6.07, 6.45) is 3.81. The van der Waals surface area contributed by atoms with Crippen LogP contribution in [0, 0.1) is 5.92 Å². The fourth-order valence-electron chi connectivity index (χ4n) is 3.20. The Balaban J connectivity index is 1.77. The molecule has 0 aliphatic carbocycles. The van der Waals surface area contributed by atoms with E-state index in [1.807, 2.05) is 29.2 Å². The second-order valence-electron chi connectivity index (χ2n) is 6.92. The minimum absolute atomic E-state index is 0.209. The lowest BCUT2D eigenvalue weighted by Gasteiger charge is -2.26.